The highest BCUT2D eigenvalue weighted by Crippen LogP contribution is 2.40. The van der Waals surface area contributed by atoms with Crippen molar-refractivity contribution in [2.24, 2.45) is 0 Å². The van der Waals surface area contributed by atoms with Crippen molar-refractivity contribution in [3.05, 3.63) is 22.7 Å². The molecule has 0 bridgehead atoms. The molecule has 2 rings (SSSR count). The molecule has 1 aliphatic rings. The largest absolute Gasteiger partial charge is 0.504 e. The number of rotatable bonds is 1. The molecule has 0 spiro atoms. The van der Waals surface area contributed by atoms with Gasteiger partial charge in [-0.2, -0.15) is 0 Å². The summed E-state index contributed by atoms with van der Waals surface area (Å²) in [6.07, 6.45) is -0.0102. The van der Waals surface area contributed by atoms with Gasteiger partial charge in [-0.05, 0) is 6.07 Å². The standard InChI is InChI=1S/C8H7ClO3/c9-5-2-7(11)6(10)1-4(5)8-3-12-8/h1-2,8,10-11H,3H2. The lowest BCUT2D eigenvalue weighted by molar-refractivity contribution is 0.397. The second-order valence-corrected chi connectivity index (χ2v) is 3.09. The topological polar surface area (TPSA) is 53.0 Å². The van der Waals surface area contributed by atoms with Crippen molar-refractivity contribution in [2.75, 3.05) is 6.61 Å². The van der Waals surface area contributed by atoms with Gasteiger partial charge in [0.2, 0.25) is 0 Å². The highest BCUT2D eigenvalue weighted by Gasteiger charge is 2.28. The van der Waals surface area contributed by atoms with Gasteiger partial charge in [0.15, 0.2) is 11.5 Å². The highest BCUT2D eigenvalue weighted by atomic mass is 35.5. The van der Waals surface area contributed by atoms with Gasteiger partial charge in [0.25, 0.3) is 0 Å². The molecule has 2 N–H and O–H groups in total. The van der Waals surface area contributed by atoms with Gasteiger partial charge in [0, 0.05) is 11.6 Å². The van der Waals surface area contributed by atoms with Gasteiger partial charge >= 0.3 is 0 Å². The number of aromatic hydroxyl groups is 2. The maximum Gasteiger partial charge on any atom is 0.158 e. The average Bonchev–Trinajstić information content (AvgIpc) is 2.79. The predicted molar refractivity (Wildman–Crippen MR) is 43.5 cm³/mol. The summed E-state index contributed by atoms with van der Waals surface area (Å²) in [6, 6.07) is 2.74. The number of benzene rings is 1. The normalized spacial score (nSPS) is 20.9. The van der Waals surface area contributed by atoms with Gasteiger partial charge in [-0.1, -0.05) is 11.6 Å². The first-order chi connectivity index (χ1) is 5.68. The van der Waals surface area contributed by atoms with Crippen molar-refractivity contribution < 1.29 is 14.9 Å². The van der Waals surface area contributed by atoms with E-state index in [1.807, 2.05) is 0 Å². The Morgan fingerprint density at radius 3 is 2.50 bits per heavy atom. The lowest BCUT2D eigenvalue weighted by Crippen LogP contribution is -1.82. The Hall–Kier alpha value is -0.930. The number of halogens is 1. The van der Waals surface area contributed by atoms with Crippen LogP contribution in [0.4, 0.5) is 0 Å². The minimum atomic E-state index is -0.204. The Bertz CT molecular complexity index is 320. The fourth-order valence-electron chi connectivity index (χ4n) is 1.04. The smallest absolute Gasteiger partial charge is 0.158 e. The molecule has 1 fully saturated rings. The summed E-state index contributed by atoms with van der Waals surface area (Å²) in [5.74, 6) is -0.366. The number of hydrogen-bond acceptors (Lipinski definition) is 3. The molecule has 1 aromatic carbocycles. The number of epoxide rings is 1. The fraction of sp³-hybridized carbons (Fsp3) is 0.250. The molecule has 1 atom stereocenters. The summed E-state index contributed by atoms with van der Waals surface area (Å²) in [7, 11) is 0. The molecule has 0 radical (unpaired) electrons. The molecule has 64 valence electrons. The van der Waals surface area contributed by atoms with E-state index in [-0.39, 0.29) is 17.6 Å². The number of phenolic OH excluding ortho intramolecular Hbond substituents is 2. The van der Waals surface area contributed by atoms with Crippen LogP contribution in [0.2, 0.25) is 5.02 Å². The summed E-state index contributed by atoms with van der Waals surface area (Å²) in [5, 5.41) is 18.6. The van der Waals surface area contributed by atoms with E-state index in [1.54, 1.807) is 0 Å². The van der Waals surface area contributed by atoms with E-state index < -0.39 is 0 Å². The summed E-state index contributed by atoms with van der Waals surface area (Å²) in [6.45, 7) is 0.629. The molecule has 1 aliphatic heterocycles. The third-order valence-electron chi connectivity index (χ3n) is 1.77. The van der Waals surface area contributed by atoms with Crippen LogP contribution < -0.4 is 0 Å². The third kappa shape index (κ3) is 1.21. The van der Waals surface area contributed by atoms with E-state index in [4.69, 9.17) is 26.6 Å². The van der Waals surface area contributed by atoms with Crippen molar-refractivity contribution in [3.8, 4) is 11.5 Å². The van der Waals surface area contributed by atoms with Crippen LogP contribution in [0.3, 0.4) is 0 Å². The Morgan fingerprint density at radius 1 is 1.33 bits per heavy atom. The molecule has 4 heteroatoms. The van der Waals surface area contributed by atoms with Crippen molar-refractivity contribution in [1.82, 2.24) is 0 Å². The van der Waals surface area contributed by atoms with Crippen molar-refractivity contribution in [3.63, 3.8) is 0 Å². The minimum Gasteiger partial charge on any atom is -0.504 e. The zero-order chi connectivity index (χ0) is 8.72. The van der Waals surface area contributed by atoms with Gasteiger partial charge in [-0.3, -0.25) is 0 Å². The van der Waals surface area contributed by atoms with E-state index in [2.05, 4.69) is 0 Å². The molecule has 1 saturated heterocycles. The minimum absolute atomic E-state index is 0.0102. The summed E-state index contributed by atoms with van der Waals surface area (Å²) in [4.78, 5) is 0. The second kappa shape index (κ2) is 2.54. The second-order valence-electron chi connectivity index (χ2n) is 2.68. The van der Waals surface area contributed by atoms with E-state index in [0.29, 0.717) is 11.6 Å². The van der Waals surface area contributed by atoms with Crippen LogP contribution in [0.5, 0.6) is 11.5 Å². The summed E-state index contributed by atoms with van der Waals surface area (Å²) in [5.41, 5.74) is 0.729. The molecule has 0 saturated carbocycles. The Balaban J connectivity index is 2.47. The van der Waals surface area contributed by atoms with E-state index in [0.717, 1.165) is 5.56 Å². The van der Waals surface area contributed by atoms with Crippen LogP contribution in [0.1, 0.15) is 11.7 Å². The molecular weight excluding hydrogens is 180 g/mol. The molecule has 1 aromatic rings. The number of ether oxygens (including phenoxy) is 1. The monoisotopic (exact) mass is 186 g/mol. The van der Waals surface area contributed by atoms with E-state index in [9.17, 15) is 0 Å². The van der Waals surface area contributed by atoms with Gasteiger partial charge in [-0.15, -0.1) is 0 Å². The first-order valence-corrected chi connectivity index (χ1v) is 3.89. The maximum atomic E-state index is 9.14. The number of phenols is 2. The van der Waals surface area contributed by atoms with Crippen LogP contribution >= 0.6 is 11.6 Å². The zero-order valence-corrected chi connectivity index (χ0v) is 6.88. The SMILES string of the molecule is Oc1cc(Cl)c(C2CO2)cc1O. The maximum absolute atomic E-state index is 9.14. The van der Waals surface area contributed by atoms with Crippen LogP contribution in [0.15, 0.2) is 12.1 Å². The highest BCUT2D eigenvalue weighted by molar-refractivity contribution is 6.31. The van der Waals surface area contributed by atoms with Gasteiger partial charge in [-0.25, -0.2) is 0 Å². The van der Waals surface area contributed by atoms with Crippen molar-refractivity contribution in [1.29, 1.82) is 0 Å². The molecule has 3 nitrogen and oxygen atoms in total. The van der Waals surface area contributed by atoms with Gasteiger partial charge in [0.05, 0.1) is 11.6 Å². The Labute approximate surface area is 74.2 Å². The predicted octanol–water partition coefficient (Wildman–Crippen LogP) is 1.82. The first kappa shape index (κ1) is 7.71. The van der Waals surface area contributed by atoms with Gasteiger partial charge in [0.1, 0.15) is 6.10 Å². The summed E-state index contributed by atoms with van der Waals surface area (Å²) < 4.78 is 4.99. The van der Waals surface area contributed by atoms with E-state index in [1.165, 1.54) is 12.1 Å². The Morgan fingerprint density at radius 2 is 1.92 bits per heavy atom. The molecule has 0 aliphatic carbocycles. The van der Waals surface area contributed by atoms with Crippen LogP contribution in [0.25, 0.3) is 0 Å². The summed E-state index contributed by atoms with van der Waals surface area (Å²) >= 11 is 5.79. The molecule has 1 heterocycles. The van der Waals surface area contributed by atoms with Crippen LogP contribution in [-0.4, -0.2) is 16.8 Å². The van der Waals surface area contributed by atoms with Crippen LogP contribution in [-0.2, 0) is 4.74 Å². The molecule has 1 unspecified atom stereocenters. The lowest BCUT2D eigenvalue weighted by Gasteiger charge is -2.02. The quantitative estimate of drug-likeness (QED) is 0.520. The first-order valence-electron chi connectivity index (χ1n) is 3.51. The average molecular weight is 187 g/mol. The number of hydrogen-bond donors (Lipinski definition) is 2. The third-order valence-corrected chi connectivity index (χ3v) is 2.10. The van der Waals surface area contributed by atoms with Crippen LogP contribution in [0, 0.1) is 0 Å². The fourth-order valence-corrected chi connectivity index (χ4v) is 1.32. The Kier molecular flexibility index (Phi) is 1.63. The van der Waals surface area contributed by atoms with Crippen molar-refractivity contribution >= 4 is 11.6 Å². The molecule has 0 aromatic heterocycles. The molecular formula is C8H7ClO3. The molecule has 0 amide bonds. The zero-order valence-electron chi connectivity index (χ0n) is 6.12. The van der Waals surface area contributed by atoms with E-state index >= 15 is 0 Å². The van der Waals surface area contributed by atoms with Crippen molar-refractivity contribution in [2.45, 2.75) is 6.10 Å². The van der Waals surface area contributed by atoms with Gasteiger partial charge < -0.3 is 14.9 Å². The lowest BCUT2D eigenvalue weighted by atomic mass is 10.1. The molecule has 12 heavy (non-hydrogen) atoms.